The van der Waals surface area contributed by atoms with Crippen molar-refractivity contribution in [2.45, 2.75) is 25.9 Å². The summed E-state index contributed by atoms with van der Waals surface area (Å²) in [6.07, 6.45) is 0. The molecule has 0 unspecified atom stereocenters. The predicted molar refractivity (Wildman–Crippen MR) is 95.8 cm³/mol. The summed E-state index contributed by atoms with van der Waals surface area (Å²) in [4.78, 5) is 0. The second kappa shape index (κ2) is 6.70. The molecule has 0 fully saturated rings. The molecule has 3 aromatic rings. The molecule has 0 aliphatic carbocycles. The number of ether oxygens (including phenoxy) is 1. The highest BCUT2D eigenvalue weighted by Gasteiger charge is 2.23. The molecule has 0 heterocycles. The Kier molecular flexibility index (Phi) is 4.47. The van der Waals surface area contributed by atoms with Crippen LogP contribution in [0.15, 0.2) is 84.9 Å². The van der Waals surface area contributed by atoms with E-state index in [1.807, 2.05) is 24.3 Å². The molecule has 23 heavy (non-hydrogen) atoms. The fourth-order valence-corrected chi connectivity index (χ4v) is 2.74. The Hall–Kier alpha value is -2.54. The summed E-state index contributed by atoms with van der Waals surface area (Å²) in [6, 6.07) is 29.3. The van der Waals surface area contributed by atoms with Gasteiger partial charge in [-0.1, -0.05) is 86.6 Å². The molecule has 1 heteroatoms. The largest absolute Gasteiger partial charge is 0.489 e. The summed E-state index contributed by atoms with van der Waals surface area (Å²) in [6.45, 7) is 5.09. The molecular weight excluding hydrogens is 280 g/mol. The molecule has 0 saturated carbocycles. The van der Waals surface area contributed by atoms with Crippen LogP contribution < -0.4 is 4.74 Å². The number of rotatable bonds is 5. The summed E-state index contributed by atoms with van der Waals surface area (Å²) in [5.41, 5.74) is 3.70. The predicted octanol–water partition coefficient (Wildman–Crippen LogP) is 5.59. The van der Waals surface area contributed by atoms with Gasteiger partial charge in [-0.05, 0) is 28.8 Å². The molecule has 0 radical (unpaired) electrons. The second-order valence-corrected chi connectivity index (χ2v) is 6.29. The molecule has 0 aliphatic rings. The maximum absolute atomic E-state index is 5.96. The number of hydrogen-bond acceptors (Lipinski definition) is 1. The normalized spacial score (nSPS) is 11.2. The lowest BCUT2D eigenvalue weighted by Crippen LogP contribution is -2.18. The van der Waals surface area contributed by atoms with Gasteiger partial charge in [0.2, 0.25) is 0 Å². The Balaban J connectivity index is 1.80. The molecule has 116 valence electrons. The zero-order valence-electron chi connectivity index (χ0n) is 13.7. The lowest BCUT2D eigenvalue weighted by atomic mass is 9.78. The minimum Gasteiger partial charge on any atom is -0.489 e. The molecule has 0 saturated heterocycles. The van der Waals surface area contributed by atoms with E-state index in [0.717, 1.165) is 5.75 Å². The van der Waals surface area contributed by atoms with E-state index >= 15 is 0 Å². The van der Waals surface area contributed by atoms with E-state index in [2.05, 4.69) is 74.5 Å². The van der Waals surface area contributed by atoms with Crippen molar-refractivity contribution in [3.05, 3.63) is 102 Å². The van der Waals surface area contributed by atoms with E-state index in [9.17, 15) is 0 Å². The first-order chi connectivity index (χ1) is 11.2. The highest BCUT2D eigenvalue weighted by Crippen LogP contribution is 2.33. The Morgan fingerprint density at radius 3 is 2.00 bits per heavy atom. The Morgan fingerprint density at radius 1 is 0.696 bits per heavy atom. The standard InChI is InChI=1S/C22H22O/c1-22(2,19-12-7-4-8-13-19)20-14-9-15-21(16-20)23-17-18-10-5-3-6-11-18/h3-16H,17H2,1-2H3. The van der Waals surface area contributed by atoms with E-state index in [1.165, 1.54) is 16.7 Å². The Labute approximate surface area is 138 Å². The van der Waals surface area contributed by atoms with Gasteiger partial charge in [0, 0.05) is 5.41 Å². The van der Waals surface area contributed by atoms with Gasteiger partial charge < -0.3 is 4.74 Å². The molecular formula is C22H22O. The van der Waals surface area contributed by atoms with Crippen LogP contribution in [0.25, 0.3) is 0 Å². The van der Waals surface area contributed by atoms with Crippen LogP contribution in [0.5, 0.6) is 5.75 Å². The summed E-state index contributed by atoms with van der Waals surface area (Å²) >= 11 is 0. The third kappa shape index (κ3) is 3.62. The molecule has 0 spiro atoms. The average molecular weight is 302 g/mol. The van der Waals surface area contributed by atoms with Crippen LogP contribution in [0.1, 0.15) is 30.5 Å². The minimum absolute atomic E-state index is 0.0482. The van der Waals surface area contributed by atoms with Crippen LogP contribution in [-0.4, -0.2) is 0 Å². The Morgan fingerprint density at radius 2 is 1.30 bits per heavy atom. The summed E-state index contributed by atoms with van der Waals surface area (Å²) < 4.78 is 5.96. The maximum Gasteiger partial charge on any atom is 0.120 e. The van der Waals surface area contributed by atoms with Gasteiger partial charge in [-0.2, -0.15) is 0 Å². The summed E-state index contributed by atoms with van der Waals surface area (Å²) in [5.74, 6) is 0.912. The molecule has 0 atom stereocenters. The summed E-state index contributed by atoms with van der Waals surface area (Å²) in [7, 11) is 0. The first-order valence-electron chi connectivity index (χ1n) is 7.99. The zero-order valence-corrected chi connectivity index (χ0v) is 13.7. The van der Waals surface area contributed by atoms with Crippen LogP contribution >= 0.6 is 0 Å². The molecule has 0 bridgehead atoms. The number of benzene rings is 3. The van der Waals surface area contributed by atoms with Crippen molar-refractivity contribution in [2.24, 2.45) is 0 Å². The maximum atomic E-state index is 5.96. The van der Waals surface area contributed by atoms with Crippen molar-refractivity contribution >= 4 is 0 Å². The van der Waals surface area contributed by atoms with Crippen LogP contribution in [0.3, 0.4) is 0 Å². The molecule has 0 N–H and O–H groups in total. The highest BCUT2D eigenvalue weighted by atomic mass is 16.5. The van der Waals surface area contributed by atoms with Gasteiger partial charge in [0.15, 0.2) is 0 Å². The minimum atomic E-state index is -0.0482. The summed E-state index contributed by atoms with van der Waals surface area (Å²) in [5, 5.41) is 0. The van der Waals surface area contributed by atoms with Crippen LogP contribution in [-0.2, 0) is 12.0 Å². The fraction of sp³-hybridized carbons (Fsp3) is 0.182. The number of hydrogen-bond donors (Lipinski definition) is 0. The van der Waals surface area contributed by atoms with Gasteiger partial charge in [-0.25, -0.2) is 0 Å². The highest BCUT2D eigenvalue weighted by molar-refractivity contribution is 5.41. The van der Waals surface area contributed by atoms with Gasteiger partial charge in [0.05, 0.1) is 0 Å². The second-order valence-electron chi connectivity index (χ2n) is 6.29. The van der Waals surface area contributed by atoms with E-state index in [4.69, 9.17) is 4.74 Å². The monoisotopic (exact) mass is 302 g/mol. The van der Waals surface area contributed by atoms with E-state index in [-0.39, 0.29) is 5.41 Å². The Bertz CT molecular complexity index is 745. The first-order valence-corrected chi connectivity index (χ1v) is 7.99. The third-order valence-electron chi connectivity index (χ3n) is 4.30. The molecule has 3 aromatic carbocycles. The quantitative estimate of drug-likeness (QED) is 0.597. The first kappa shape index (κ1) is 15.4. The topological polar surface area (TPSA) is 9.23 Å². The average Bonchev–Trinajstić information content (AvgIpc) is 2.62. The van der Waals surface area contributed by atoms with Crippen molar-refractivity contribution in [1.29, 1.82) is 0 Å². The van der Waals surface area contributed by atoms with Gasteiger partial charge in [-0.15, -0.1) is 0 Å². The van der Waals surface area contributed by atoms with Gasteiger partial charge in [0.25, 0.3) is 0 Å². The van der Waals surface area contributed by atoms with Gasteiger partial charge >= 0.3 is 0 Å². The van der Waals surface area contributed by atoms with Crippen LogP contribution in [0.4, 0.5) is 0 Å². The van der Waals surface area contributed by atoms with E-state index < -0.39 is 0 Å². The molecule has 0 amide bonds. The smallest absolute Gasteiger partial charge is 0.120 e. The van der Waals surface area contributed by atoms with Gasteiger partial charge in [-0.3, -0.25) is 0 Å². The van der Waals surface area contributed by atoms with Crippen molar-refractivity contribution in [3.8, 4) is 5.75 Å². The molecule has 1 nitrogen and oxygen atoms in total. The van der Waals surface area contributed by atoms with Crippen molar-refractivity contribution in [2.75, 3.05) is 0 Å². The van der Waals surface area contributed by atoms with Crippen molar-refractivity contribution in [3.63, 3.8) is 0 Å². The molecule has 0 aromatic heterocycles. The third-order valence-corrected chi connectivity index (χ3v) is 4.30. The van der Waals surface area contributed by atoms with Crippen molar-refractivity contribution < 1.29 is 4.74 Å². The molecule has 0 aliphatic heterocycles. The SMILES string of the molecule is CC(C)(c1ccccc1)c1cccc(OCc2ccccc2)c1. The van der Waals surface area contributed by atoms with Crippen LogP contribution in [0.2, 0.25) is 0 Å². The lowest BCUT2D eigenvalue weighted by molar-refractivity contribution is 0.305. The van der Waals surface area contributed by atoms with Crippen LogP contribution in [0, 0.1) is 0 Å². The zero-order chi connectivity index (χ0) is 16.1. The fourth-order valence-electron chi connectivity index (χ4n) is 2.74. The van der Waals surface area contributed by atoms with E-state index in [0.29, 0.717) is 6.61 Å². The molecule has 3 rings (SSSR count). The van der Waals surface area contributed by atoms with E-state index in [1.54, 1.807) is 0 Å². The van der Waals surface area contributed by atoms with Gasteiger partial charge in [0.1, 0.15) is 12.4 Å². The van der Waals surface area contributed by atoms with Crippen molar-refractivity contribution in [1.82, 2.24) is 0 Å². The lowest BCUT2D eigenvalue weighted by Gasteiger charge is -2.26.